The lowest BCUT2D eigenvalue weighted by atomic mass is 9.91. The van der Waals surface area contributed by atoms with E-state index in [9.17, 15) is 9.59 Å². The maximum atomic E-state index is 13.3. The summed E-state index contributed by atoms with van der Waals surface area (Å²) in [7, 11) is 0. The van der Waals surface area contributed by atoms with Gasteiger partial charge in [-0.15, -0.1) is 0 Å². The molecule has 0 bridgehead atoms. The van der Waals surface area contributed by atoms with Crippen molar-refractivity contribution >= 4 is 17.6 Å². The van der Waals surface area contributed by atoms with E-state index in [1.807, 2.05) is 18.2 Å². The van der Waals surface area contributed by atoms with Gasteiger partial charge in [-0.3, -0.25) is 14.6 Å². The molecule has 0 atom stereocenters. The number of rotatable bonds is 13. The zero-order valence-electron chi connectivity index (χ0n) is 23.8. The van der Waals surface area contributed by atoms with Crippen LogP contribution in [0.15, 0.2) is 84.9 Å². The molecule has 6 nitrogen and oxygen atoms in total. The van der Waals surface area contributed by atoms with Crippen LogP contribution in [0.2, 0.25) is 0 Å². The van der Waals surface area contributed by atoms with Crippen LogP contribution in [-0.2, 0) is 0 Å². The van der Waals surface area contributed by atoms with E-state index in [2.05, 4.69) is 77.8 Å². The van der Waals surface area contributed by atoms with Crippen molar-refractivity contribution in [2.24, 2.45) is 11.7 Å². The van der Waals surface area contributed by atoms with Crippen molar-refractivity contribution in [3.05, 3.63) is 102 Å². The minimum absolute atomic E-state index is 0.151. The maximum Gasteiger partial charge on any atom is 0.319 e. The number of unbranched alkanes of at least 4 members (excludes halogenated alkanes) is 4. The fourth-order valence-electron chi connectivity index (χ4n) is 5.76. The summed E-state index contributed by atoms with van der Waals surface area (Å²) in [4.78, 5) is 29.7. The summed E-state index contributed by atoms with van der Waals surface area (Å²) in [5, 5.41) is 3.16. The number of hydrogen-bond donors (Lipinski definition) is 2. The van der Waals surface area contributed by atoms with Crippen molar-refractivity contribution in [3.63, 3.8) is 0 Å². The number of primary amides is 1. The van der Waals surface area contributed by atoms with Gasteiger partial charge >= 0.3 is 6.03 Å². The normalized spacial score (nSPS) is 14.2. The number of anilines is 1. The highest BCUT2D eigenvalue weighted by atomic mass is 16.2. The third-order valence-electron chi connectivity index (χ3n) is 7.99. The van der Waals surface area contributed by atoms with Crippen molar-refractivity contribution in [2.75, 3.05) is 31.1 Å². The highest BCUT2D eigenvalue weighted by molar-refractivity contribution is 6.04. The Morgan fingerprint density at radius 2 is 1.43 bits per heavy atom. The highest BCUT2D eigenvalue weighted by Gasteiger charge is 2.28. The van der Waals surface area contributed by atoms with Crippen molar-refractivity contribution in [2.45, 2.75) is 57.9 Å². The van der Waals surface area contributed by atoms with Crippen LogP contribution in [0.4, 0.5) is 10.5 Å². The van der Waals surface area contributed by atoms with Gasteiger partial charge in [-0.1, -0.05) is 105 Å². The molecule has 3 amide bonds. The Bertz CT molecular complexity index is 1150. The molecule has 1 heterocycles. The van der Waals surface area contributed by atoms with E-state index >= 15 is 0 Å². The Kier molecular flexibility index (Phi) is 11.2. The molecule has 4 rings (SSSR count). The molecule has 3 aromatic carbocycles. The van der Waals surface area contributed by atoms with Gasteiger partial charge in [0.25, 0.3) is 5.91 Å². The van der Waals surface area contributed by atoms with Gasteiger partial charge in [0.1, 0.15) is 0 Å². The summed E-state index contributed by atoms with van der Waals surface area (Å²) in [5.74, 6) is 0.257. The number of nitrogens with zero attached hydrogens (tertiary/aromatic N) is 2. The summed E-state index contributed by atoms with van der Waals surface area (Å²) in [6.07, 6.45) is 7.44. The summed E-state index contributed by atoms with van der Waals surface area (Å²) in [6, 6.07) is 28.4. The lowest BCUT2D eigenvalue weighted by molar-refractivity contribution is 0.0931. The Hall–Kier alpha value is -3.64. The van der Waals surface area contributed by atoms with E-state index in [0.717, 1.165) is 45.2 Å². The lowest BCUT2D eigenvalue weighted by Gasteiger charge is -2.38. The Morgan fingerprint density at radius 3 is 2.02 bits per heavy atom. The SMILES string of the molecule is CCCCCCCN(C(N)=O)c1ccccc1C(=O)NCC1CCN(C(c2ccccc2)c2ccccc2)CC1. The number of nitrogens with one attached hydrogen (secondary N) is 1. The molecular weight excluding hydrogens is 496 g/mol. The minimum atomic E-state index is -0.519. The van der Waals surface area contributed by atoms with Gasteiger partial charge in [-0.2, -0.15) is 0 Å². The molecule has 0 unspecified atom stereocenters. The van der Waals surface area contributed by atoms with Crippen LogP contribution in [0.5, 0.6) is 0 Å². The number of piperidine rings is 1. The molecule has 1 saturated heterocycles. The van der Waals surface area contributed by atoms with Gasteiger partial charge < -0.3 is 11.1 Å². The molecule has 0 aromatic heterocycles. The van der Waals surface area contributed by atoms with E-state index in [4.69, 9.17) is 5.73 Å². The number of nitrogens with two attached hydrogens (primary N) is 1. The first-order valence-corrected chi connectivity index (χ1v) is 14.9. The van der Waals surface area contributed by atoms with E-state index in [-0.39, 0.29) is 11.9 Å². The smallest absolute Gasteiger partial charge is 0.319 e. The Balaban J connectivity index is 1.35. The number of benzene rings is 3. The molecule has 0 saturated carbocycles. The number of carbonyl (C=O) groups is 2. The van der Waals surface area contributed by atoms with Gasteiger partial charge in [0.2, 0.25) is 0 Å². The molecule has 0 radical (unpaired) electrons. The number of carbonyl (C=O) groups excluding carboxylic acids is 2. The first kappa shape index (κ1) is 29.3. The fraction of sp³-hybridized carbons (Fsp3) is 0.412. The van der Waals surface area contributed by atoms with E-state index < -0.39 is 6.03 Å². The molecule has 1 aliphatic rings. The van der Waals surface area contributed by atoms with E-state index in [1.165, 1.54) is 24.0 Å². The van der Waals surface area contributed by atoms with Gasteiger partial charge in [-0.05, 0) is 61.5 Å². The number of urea groups is 1. The molecule has 1 aliphatic heterocycles. The number of para-hydroxylation sites is 1. The largest absolute Gasteiger partial charge is 0.352 e. The van der Waals surface area contributed by atoms with Crippen molar-refractivity contribution < 1.29 is 9.59 Å². The highest BCUT2D eigenvalue weighted by Crippen LogP contribution is 2.32. The average Bonchev–Trinajstić information content (AvgIpc) is 2.99. The third kappa shape index (κ3) is 7.95. The molecule has 0 aliphatic carbocycles. The predicted molar refractivity (Wildman–Crippen MR) is 163 cm³/mol. The number of hydrogen-bond acceptors (Lipinski definition) is 3. The maximum absolute atomic E-state index is 13.3. The molecule has 0 spiro atoms. The second-order valence-corrected chi connectivity index (χ2v) is 10.8. The van der Waals surface area contributed by atoms with Gasteiger partial charge in [-0.25, -0.2) is 4.79 Å². The van der Waals surface area contributed by atoms with Gasteiger partial charge in [0, 0.05) is 13.1 Å². The van der Waals surface area contributed by atoms with E-state index in [1.54, 1.807) is 11.0 Å². The van der Waals surface area contributed by atoms with Crippen LogP contribution in [0.25, 0.3) is 0 Å². The van der Waals surface area contributed by atoms with Crippen LogP contribution in [0, 0.1) is 5.92 Å². The number of likely N-dealkylation sites (tertiary alicyclic amines) is 1. The topological polar surface area (TPSA) is 78.7 Å². The summed E-state index contributed by atoms with van der Waals surface area (Å²) in [5.41, 5.74) is 9.45. The number of amides is 3. The molecule has 6 heteroatoms. The average molecular weight is 541 g/mol. The summed E-state index contributed by atoms with van der Waals surface area (Å²) in [6.45, 7) is 5.26. The monoisotopic (exact) mass is 540 g/mol. The first-order valence-electron chi connectivity index (χ1n) is 14.9. The summed E-state index contributed by atoms with van der Waals surface area (Å²) >= 11 is 0. The van der Waals surface area contributed by atoms with Crippen LogP contribution in [0.1, 0.15) is 79.4 Å². The Labute approximate surface area is 239 Å². The van der Waals surface area contributed by atoms with Crippen molar-refractivity contribution in [1.82, 2.24) is 10.2 Å². The zero-order valence-corrected chi connectivity index (χ0v) is 23.8. The van der Waals surface area contributed by atoms with Crippen LogP contribution >= 0.6 is 0 Å². The van der Waals surface area contributed by atoms with Crippen LogP contribution < -0.4 is 16.0 Å². The quantitative estimate of drug-likeness (QED) is 0.235. The predicted octanol–water partition coefficient (Wildman–Crippen LogP) is 6.77. The third-order valence-corrected chi connectivity index (χ3v) is 7.99. The second kappa shape index (κ2) is 15.2. The lowest BCUT2D eigenvalue weighted by Crippen LogP contribution is -2.41. The Morgan fingerprint density at radius 1 is 0.850 bits per heavy atom. The van der Waals surface area contributed by atoms with E-state index in [0.29, 0.717) is 30.3 Å². The molecule has 1 fully saturated rings. The van der Waals surface area contributed by atoms with Crippen molar-refractivity contribution in [3.8, 4) is 0 Å². The standard InChI is InChI=1S/C34H44N4O2/c1-2-3-4-5-14-23-38(34(35)40)31-20-13-12-19-30(31)33(39)36-26-27-21-24-37(25-22-27)32(28-15-8-6-9-16-28)29-17-10-7-11-18-29/h6-13,15-20,27,32H,2-5,14,21-26H2,1H3,(H2,35,40)(H,36,39). The van der Waals surface area contributed by atoms with Crippen LogP contribution in [0.3, 0.4) is 0 Å². The first-order chi connectivity index (χ1) is 19.6. The van der Waals surface area contributed by atoms with Gasteiger partial charge in [0.15, 0.2) is 0 Å². The summed E-state index contributed by atoms with van der Waals surface area (Å²) < 4.78 is 0. The molecule has 40 heavy (non-hydrogen) atoms. The minimum Gasteiger partial charge on any atom is -0.352 e. The molecular formula is C34H44N4O2. The molecule has 212 valence electrons. The second-order valence-electron chi connectivity index (χ2n) is 10.8. The molecule has 3 N–H and O–H groups in total. The van der Waals surface area contributed by atoms with Crippen LogP contribution in [-0.4, -0.2) is 43.0 Å². The zero-order chi connectivity index (χ0) is 28.2. The fourth-order valence-corrected chi connectivity index (χ4v) is 5.76. The molecule has 3 aromatic rings. The van der Waals surface area contributed by atoms with Crippen molar-refractivity contribution in [1.29, 1.82) is 0 Å². The van der Waals surface area contributed by atoms with Gasteiger partial charge in [0.05, 0.1) is 17.3 Å².